The monoisotopic (exact) mass is 313 g/mol. The summed E-state index contributed by atoms with van der Waals surface area (Å²) >= 11 is 5.90. The highest BCUT2D eigenvalue weighted by Crippen LogP contribution is 2.27. The van der Waals surface area contributed by atoms with Crippen LogP contribution in [0.2, 0.25) is 5.02 Å². The molecule has 1 N–H and O–H groups in total. The van der Waals surface area contributed by atoms with Crippen molar-refractivity contribution < 1.29 is 9.90 Å². The van der Waals surface area contributed by atoms with E-state index in [-0.39, 0.29) is 5.69 Å². The van der Waals surface area contributed by atoms with Gasteiger partial charge in [0.05, 0.1) is 5.69 Å². The van der Waals surface area contributed by atoms with Gasteiger partial charge in [-0.15, -0.1) is 5.10 Å². The Morgan fingerprint density at radius 3 is 2.45 bits per heavy atom. The molecule has 6 heteroatoms. The summed E-state index contributed by atoms with van der Waals surface area (Å²) in [4.78, 5) is 11.4. The van der Waals surface area contributed by atoms with Crippen LogP contribution in [0.4, 0.5) is 0 Å². The maximum absolute atomic E-state index is 11.4. The van der Waals surface area contributed by atoms with Crippen molar-refractivity contribution in [2.24, 2.45) is 0 Å². The average molecular weight is 314 g/mol. The van der Waals surface area contributed by atoms with E-state index in [0.29, 0.717) is 16.3 Å². The lowest BCUT2D eigenvalue weighted by Crippen LogP contribution is -2.04. The number of para-hydroxylation sites is 1. The highest BCUT2D eigenvalue weighted by Gasteiger charge is 2.22. The zero-order valence-corrected chi connectivity index (χ0v) is 12.4. The number of aromatic nitrogens is 3. The largest absolute Gasteiger partial charge is 0.476 e. The quantitative estimate of drug-likeness (QED) is 0.802. The summed E-state index contributed by atoms with van der Waals surface area (Å²) in [5.74, 6) is -1.12. The van der Waals surface area contributed by atoms with Crippen molar-refractivity contribution in [3.8, 4) is 16.9 Å². The van der Waals surface area contributed by atoms with Crippen LogP contribution in [0.25, 0.3) is 16.9 Å². The Bertz CT molecular complexity index is 841. The van der Waals surface area contributed by atoms with Gasteiger partial charge in [0.1, 0.15) is 5.69 Å². The Morgan fingerprint density at radius 1 is 1.14 bits per heavy atom. The Morgan fingerprint density at radius 2 is 1.82 bits per heavy atom. The molecule has 110 valence electrons. The number of carboxylic acid groups (broad SMARTS) is 1. The molecular formula is C16H12ClN3O2. The van der Waals surface area contributed by atoms with Crippen molar-refractivity contribution in [2.45, 2.75) is 6.92 Å². The van der Waals surface area contributed by atoms with Crippen molar-refractivity contribution in [2.75, 3.05) is 0 Å². The number of aryl methyl sites for hydroxylation is 1. The molecule has 0 saturated carbocycles. The number of halogens is 1. The third-order valence-electron chi connectivity index (χ3n) is 3.33. The first-order chi connectivity index (χ1) is 10.6. The number of carbonyl (C=O) groups is 1. The van der Waals surface area contributed by atoms with Crippen LogP contribution in [0.3, 0.4) is 0 Å². The fourth-order valence-corrected chi connectivity index (χ4v) is 2.39. The molecule has 22 heavy (non-hydrogen) atoms. The molecule has 1 heterocycles. The van der Waals surface area contributed by atoms with E-state index in [1.165, 1.54) is 0 Å². The highest BCUT2D eigenvalue weighted by molar-refractivity contribution is 6.30. The smallest absolute Gasteiger partial charge is 0.358 e. The second-order valence-electron chi connectivity index (χ2n) is 4.80. The Labute approximate surface area is 131 Å². The third kappa shape index (κ3) is 2.46. The Balaban J connectivity index is 2.27. The highest BCUT2D eigenvalue weighted by atomic mass is 35.5. The van der Waals surface area contributed by atoms with E-state index in [0.717, 1.165) is 11.3 Å². The summed E-state index contributed by atoms with van der Waals surface area (Å²) in [5, 5.41) is 17.8. The third-order valence-corrected chi connectivity index (χ3v) is 3.59. The Kier molecular flexibility index (Phi) is 3.65. The first-order valence-electron chi connectivity index (χ1n) is 6.59. The average Bonchev–Trinajstić information content (AvgIpc) is 2.93. The molecule has 1 aromatic heterocycles. The van der Waals surface area contributed by atoms with E-state index in [9.17, 15) is 9.90 Å². The molecule has 0 aliphatic heterocycles. The first kappa shape index (κ1) is 14.3. The number of hydrogen-bond acceptors (Lipinski definition) is 3. The Hall–Kier alpha value is -2.66. The minimum Gasteiger partial charge on any atom is -0.476 e. The SMILES string of the molecule is Cc1ccccc1-n1nnc(C(=O)O)c1-c1ccc(Cl)cc1. The van der Waals surface area contributed by atoms with Crippen molar-refractivity contribution in [3.63, 3.8) is 0 Å². The van der Waals surface area contributed by atoms with Crippen molar-refractivity contribution in [3.05, 3.63) is 64.8 Å². The summed E-state index contributed by atoms with van der Waals surface area (Å²) in [5.41, 5.74) is 2.78. The fourth-order valence-electron chi connectivity index (χ4n) is 2.26. The van der Waals surface area contributed by atoms with E-state index in [2.05, 4.69) is 10.3 Å². The van der Waals surface area contributed by atoms with Crippen LogP contribution in [0.15, 0.2) is 48.5 Å². The van der Waals surface area contributed by atoms with Gasteiger partial charge in [-0.25, -0.2) is 9.48 Å². The van der Waals surface area contributed by atoms with Gasteiger partial charge in [0, 0.05) is 10.6 Å². The molecule has 0 fully saturated rings. The van der Waals surface area contributed by atoms with Crippen LogP contribution < -0.4 is 0 Å². The number of hydrogen-bond donors (Lipinski definition) is 1. The minimum absolute atomic E-state index is 0.0921. The van der Waals surface area contributed by atoms with E-state index < -0.39 is 5.97 Å². The van der Waals surface area contributed by atoms with Crippen LogP contribution >= 0.6 is 11.6 Å². The zero-order chi connectivity index (χ0) is 15.7. The summed E-state index contributed by atoms with van der Waals surface area (Å²) in [6, 6.07) is 14.5. The molecule has 3 aromatic rings. The molecule has 0 aliphatic carbocycles. The molecule has 5 nitrogen and oxygen atoms in total. The second-order valence-corrected chi connectivity index (χ2v) is 5.23. The molecule has 0 unspecified atom stereocenters. The van der Waals surface area contributed by atoms with Gasteiger partial charge in [-0.3, -0.25) is 0 Å². The van der Waals surface area contributed by atoms with Crippen LogP contribution in [0.1, 0.15) is 16.1 Å². The molecule has 0 saturated heterocycles. The van der Waals surface area contributed by atoms with Gasteiger partial charge in [0.15, 0.2) is 5.69 Å². The van der Waals surface area contributed by atoms with E-state index >= 15 is 0 Å². The number of rotatable bonds is 3. The summed E-state index contributed by atoms with van der Waals surface area (Å²) < 4.78 is 1.54. The normalized spacial score (nSPS) is 10.6. The van der Waals surface area contributed by atoms with Gasteiger partial charge in [0.25, 0.3) is 0 Å². The van der Waals surface area contributed by atoms with Gasteiger partial charge in [-0.05, 0) is 30.7 Å². The molecule has 0 aliphatic rings. The predicted molar refractivity (Wildman–Crippen MR) is 83.5 cm³/mol. The van der Waals surface area contributed by atoms with Crippen molar-refractivity contribution in [1.82, 2.24) is 15.0 Å². The van der Waals surface area contributed by atoms with Gasteiger partial charge >= 0.3 is 5.97 Å². The molecule has 0 radical (unpaired) electrons. The summed E-state index contributed by atoms with van der Waals surface area (Å²) in [7, 11) is 0. The van der Waals surface area contributed by atoms with Crippen LogP contribution in [0, 0.1) is 6.92 Å². The van der Waals surface area contributed by atoms with E-state index in [1.807, 2.05) is 31.2 Å². The lowest BCUT2D eigenvalue weighted by molar-refractivity contribution is 0.0691. The molecule has 0 bridgehead atoms. The minimum atomic E-state index is -1.12. The van der Waals surface area contributed by atoms with Gasteiger partial charge < -0.3 is 5.11 Å². The lowest BCUT2D eigenvalue weighted by Gasteiger charge is -2.09. The lowest BCUT2D eigenvalue weighted by atomic mass is 10.1. The number of benzene rings is 2. The van der Waals surface area contributed by atoms with Crippen LogP contribution in [-0.4, -0.2) is 26.1 Å². The van der Waals surface area contributed by atoms with Gasteiger partial charge in [-0.2, -0.15) is 0 Å². The maximum atomic E-state index is 11.4. The topological polar surface area (TPSA) is 68.0 Å². The molecule has 0 amide bonds. The molecule has 0 atom stereocenters. The molecular weight excluding hydrogens is 302 g/mol. The standard InChI is InChI=1S/C16H12ClN3O2/c1-10-4-2-3-5-13(10)20-15(14(16(21)22)18-19-20)11-6-8-12(17)9-7-11/h2-9H,1H3,(H,21,22). The van der Waals surface area contributed by atoms with E-state index in [1.54, 1.807) is 28.9 Å². The number of nitrogens with zero attached hydrogens (tertiary/aromatic N) is 3. The van der Waals surface area contributed by atoms with Crippen LogP contribution in [0.5, 0.6) is 0 Å². The van der Waals surface area contributed by atoms with Crippen LogP contribution in [-0.2, 0) is 0 Å². The molecule has 0 spiro atoms. The van der Waals surface area contributed by atoms with Crippen molar-refractivity contribution >= 4 is 17.6 Å². The summed E-state index contributed by atoms with van der Waals surface area (Å²) in [6.07, 6.45) is 0. The second kappa shape index (κ2) is 5.61. The number of aromatic carboxylic acids is 1. The fraction of sp³-hybridized carbons (Fsp3) is 0.0625. The summed E-state index contributed by atoms with van der Waals surface area (Å²) in [6.45, 7) is 1.93. The maximum Gasteiger partial charge on any atom is 0.358 e. The molecule has 2 aromatic carbocycles. The molecule has 3 rings (SSSR count). The van der Waals surface area contributed by atoms with Gasteiger partial charge in [-0.1, -0.05) is 47.1 Å². The first-order valence-corrected chi connectivity index (χ1v) is 6.96. The van der Waals surface area contributed by atoms with E-state index in [4.69, 9.17) is 11.6 Å². The van der Waals surface area contributed by atoms with Crippen molar-refractivity contribution in [1.29, 1.82) is 0 Å². The number of carboxylic acids is 1. The predicted octanol–water partition coefficient (Wildman–Crippen LogP) is 3.59. The zero-order valence-electron chi connectivity index (χ0n) is 11.7. The van der Waals surface area contributed by atoms with Gasteiger partial charge in [0.2, 0.25) is 0 Å².